The van der Waals surface area contributed by atoms with E-state index in [-0.39, 0.29) is 29.9 Å². The highest BCUT2D eigenvalue weighted by Crippen LogP contribution is 2.36. The molecule has 1 fully saturated rings. The first-order valence-electron chi connectivity index (χ1n) is 14.3. The van der Waals surface area contributed by atoms with Crippen molar-refractivity contribution in [1.82, 2.24) is 10.2 Å². The number of carbonyl (C=O) groups is 2. The number of nitrogens with zero attached hydrogens (tertiary/aromatic N) is 2. The van der Waals surface area contributed by atoms with Gasteiger partial charge >= 0.3 is 6.18 Å². The fourth-order valence-electron chi connectivity index (χ4n) is 5.29. The Bertz CT molecular complexity index is 1560. The van der Waals surface area contributed by atoms with E-state index in [2.05, 4.69) is 5.32 Å². The van der Waals surface area contributed by atoms with Crippen molar-refractivity contribution in [3.63, 3.8) is 0 Å². The van der Waals surface area contributed by atoms with Gasteiger partial charge in [-0.05, 0) is 49.1 Å². The van der Waals surface area contributed by atoms with E-state index in [1.807, 2.05) is 61.5 Å². The summed E-state index contributed by atoms with van der Waals surface area (Å²) in [6.45, 7) is 0.999. The molecule has 0 bridgehead atoms. The standard InChI is InChI=1S/C32H35ClF3N3O4S/c1-22-12-14-24(15-13-22)20-38(29(18-23-8-4-3-5-9-23)31(41)37-26-10-6-7-11-26)30(40)21-39(44(2,42)43)28-19-25(32(34,35)36)16-17-27(28)33/h3-5,8-9,12-17,19,26,29H,6-7,10-11,18,20-21H2,1-2H3,(H,37,41)/t29-/m0/s1. The number of carbonyl (C=O) groups excluding carboxylic acids is 2. The molecule has 0 heterocycles. The van der Waals surface area contributed by atoms with Crippen molar-refractivity contribution in [1.29, 1.82) is 0 Å². The average Bonchev–Trinajstić information content (AvgIpc) is 3.47. The van der Waals surface area contributed by atoms with Crippen molar-refractivity contribution in [2.24, 2.45) is 0 Å². The molecule has 1 atom stereocenters. The fraction of sp³-hybridized carbons (Fsp3) is 0.375. The lowest BCUT2D eigenvalue weighted by atomic mass is 10.0. The Morgan fingerprint density at radius 3 is 2.20 bits per heavy atom. The lowest BCUT2D eigenvalue weighted by Crippen LogP contribution is -2.54. The van der Waals surface area contributed by atoms with Crippen LogP contribution in [0.2, 0.25) is 5.02 Å². The summed E-state index contributed by atoms with van der Waals surface area (Å²) < 4.78 is 67.2. The maximum absolute atomic E-state index is 14.2. The highest BCUT2D eigenvalue weighted by molar-refractivity contribution is 7.92. The predicted octanol–water partition coefficient (Wildman–Crippen LogP) is 6.13. The minimum atomic E-state index is -4.77. The van der Waals surface area contributed by atoms with Crippen molar-refractivity contribution < 1.29 is 31.2 Å². The van der Waals surface area contributed by atoms with Gasteiger partial charge in [-0.15, -0.1) is 0 Å². The zero-order chi connectivity index (χ0) is 32.1. The first-order chi connectivity index (χ1) is 20.7. The number of sulfonamides is 1. The van der Waals surface area contributed by atoms with Crippen LogP contribution in [0.25, 0.3) is 0 Å². The van der Waals surface area contributed by atoms with Crippen LogP contribution in [-0.4, -0.2) is 50.0 Å². The zero-order valence-corrected chi connectivity index (χ0v) is 26.1. The molecule has 4 rings (SSSR count). The van der Waals surface area contributed by atoms with Gasteiger partial charge in [0.1, 0.15) is 12.6 Å². The van der Waals surface area contributed by atoms with Crippen molar-refractivity contribution in [3.05, 3.63) is 100 Å². The summed E-state index contributed by atoms with van der Waals surface area (Å²) in [5.41, 5.74) is 0.851. The number of alkyl halides is 3. The Hall–Kier alpha value is -3.57. The van der Waals surface area contributed by atoms with E-state index in [4.69, 9.17) is 11.6 Å². The number of amides is 2. The molecule has 0 unspecified atom stereocenters. The number of halogens is 4. The van der Waals surface area contributed by atoms with Crippen LogP contribution >= 0.6 is 11.6 Å². The number of hydrogen-bond donors (Lipinski definition) is 1. The first kappa shape index (κ1) is 33.3. The van der Waals surface area contributed by atoms with Gasteiger partial charge in [-0.3, -0.25) is 13.9 Å². The topological polar surface area (TPSA) is 86.8 Å². The third-order valence-corrected chi connectivity index (χ3v) is 9.11. The molecule has 0 aromatic heterocycles. The molecule has 44 heavy (non-hydrogen) atoms. The van der Waals surface area contributed by atoms with Crippen LogP contribution in [0, 0.1) is 6.92 Å². The largest absolute Gasteiger partial charge is 0.416 e. The van der Waals surface area contributed by atoms with Gasteiger partial charge < -0.3 is 10.2 Å². The molecule has 0 spiro atoms. The molecule has 2 amide bonds. The third kappa shape index (κ3) is 8.75. The molecule has 7 nitrogen and oxygen atoms in total. The van der Waals surface area contributed by atoms with Crippen molar-refractivity contribution in [3.8, 4) is 0 Å². The van der Waals surface area contributed by atoms with Crippen LogP contribution in [0.4, 0.5) is 18.9 Å². The van der Waals surface area contributed by atoms with E-state index in [0.29, 0.717) is 15.9 Å². The molecule has 12 heteroatoms. The lowest BCUT2D eigenvalue weighted by Gasteiger charge is -2.34. The Morgan fingerprint density at radius 2 is 1.61 bits per heavy atom. The van der Waals surface area contributed by atoms with Crippen LogP contribution in [0.1, 0.15) is 47.9 Å². The summed E-state index contributed by atoms with van der Waals surface area (Å²) in [5, 5.41) is 2.79. The second-order valence-electron chi connectivity index (χ2n) is 11.1. The molecule has 1 aliphatic carbocycles. The summed E-state index contributed by atoms with van der Waals surface area (Å²) in [5.74, 6) is -1.16. The second kappa shape index (κ2) is 14.0. The molecule has 236 valence electrons. The number of hydrogen-bond acceptors (Lipinski definition) is 4. The normalized spacial score (nSPS) is 14.7. The Kier molecular flexibility index (Phi) is 10.6. The highest BCUT2D eigenvalue weighted by Gasteiger charge is 2.36. The van der Waals surface area contributed by atoms with Gasteiger partial charge in [0.05, 0.1) is 22.5 Å². The summed E-state index contributed by atoms with van der Waals surface area (Å²) in [6, 6.07) is 17.6. The molecule has 1 N–H and O–H groups in total. The average molecular weight is 650 g/mol. The van der Waals surface area contributed by atoms with Gasteiger partial charge in [0, 0.05) is 19.0 Å². The van der Waals surface area contributed by atoms with Crippen LogP contribution < -0.4 is 9.62 Å². The number of anilines is 1. The predicted molar refractivity (Wildman–Crippen MR) is 165 cm³/mol. The van der Waals surface area contributed by atoms with Gasteiger partial charge in [0.15, 0.2) is 0 Å². The van der Waals surface area contributed by atoms with E-state index in [1.54, 1.807) is 0 Å². The van der Waals surface area contributed by atoms with Gasteiger partial charge in [0.2, 0.25) is 21.8 Å². The summed E-state index contributed by atoms with van der Waals surface area (Å²) >= 11 is 6.21. The van der Waals surface area contributed by atoms with Crippen LogP contribution in [0.15, 0.2) is 72.8 Å². The molecule has 3 aromatic rings. The summed E-state index contributed by atoms with van der Waals surface area (Å²) in [6.07, 6.45) is -0.279. The number of benzene rings is 3. The Balaban J connectivity index is 1.76. The van der Waals surface area contributed by atoms with Crippen LogP contribution in [0.3, 0.4) is 0 Å². The highest BCUT2D eigenvalue weighted by atomic mass is 35.5. The molecule has 3 aromatic carbocycles. The quantitative estimate of drug-likeness (QED) is 0.271. The van der Waals surface area contributed by atoms with E-state index in [0.717, 1.165) is 55.2 Å². The van der Waals surface area contributed by atoms with E-state index >= 15 is 0 Å². The van der Waals surface area contributed by atoms with Crippen LogP contribution in [-0.2, 0) is 38.8 Å². The fourth-order valence-corrected chi connectivity index (χ4v) is 6.41. The molecule has 0 saturated heterocycles. The van der Waals surface area contributed by atoms with Crippen molar-refractivity contribution in [2.45, 2.75) is 63.8 Å². The molecule has 1 aliphatic rings. The maximum atomic E-state index is 14.2. The molecule has 1 saturated carbocycles. The van der Waals surface area contributed by atoms with Gasteiger partial charge in [0.25, 0.3) is 0 Å². The van der Waals surface area contributed by atoms with Crippen molar-refractivity contribution in [2.75, 3.05) is 17.1 Å². The zero-order valence-electron chi connectivity index (χ0n) is 24.5. The van der Waals surface area contributed by atoms with Crippen LogP contribution in [0.5, 0.6) is 0 Å². The van der Waals surface area contributed by atoms with Crippen molar-refractivity contribution >= 4 is 39.1 Å². The molecular formula is C32H35ClF3N3O4S. The molecule has 0 aliphatic heterocycles. The van der Waals surface area contributed by atoms with Gasteiger partial charge in [-0.25, -0.2) is 8.42 Å². The number of nitrogens with one attached hydrogen (secondary N) is 1. The second-order valence-corrected chi connectivity index (χ2v) is 13.5. The summed E-state index contributed by atoms with van der Waals surface area (Å²) in [4.78, 5) is 29.4. The molecule has 0 radical (unpaired) electrons. The Labute approximate surface area is 261 Å². The molecular weight excluding hydrogens is 615 g/mol. The summed E-state index contributed by atoms with van der Waals surface area (Å²) in [7, 11) is -4.30. The smallest absolute Gasteiger partial charge is 0.352 e. The van der Waals surface area contributed by atoms with E-state index in [1.165, 1.54) is 4.90 Å². The van der Waals surface area contributed by atoms with E-state index in [9.17, 15) is 31.2 Å². The SMILES string of the molecule is Cc1ccc(CN(C(=O)CN(c2cc(C(F)(F)F)ccc2Cl)S(C)(=O)=O)[C@@H](Cc2ccccc2)C(=O)NC2CCCC2)cc1. The third-order valence-electron chi connectivity index (χ3n) is 7.67. The first-order valence-corrected chi connectivity index (χ1v) is 16.5. The monoisotopic (exact) mass is 649 g/mol. The minimum absolute atomic E-state index is 0.0391. The lowest BCUT2D eigenvalue weighted by molar-refractivity contribution is -0.140. The Morgan fingerprint density at radius 1 is 0.977 bits per heavy atom. The number of rotatable bonds is 11. The minimum Gasteiger partial charge on any atom is -0.352 e. The van der Waals surface area contributed by atoms with E-state index < -0.39 is 45.9 Å². The van der Waals surface area contributed by atoms with Gasteiger partial charge in [-0.2, -0.15) is 13.2 Å². The number of aryl methyl sites for hydroxylation is 1. The maximum Gasteiger partial charge on any atom is 0.416 e. The van der Waals surface area contributed by atoms with Gasteiger partial charge in [-0.1, -0.05) is 84.6 Å².